The lowest BCUT2D eigenvalue weighted by Crippen LogP contribution is -2.31. The van der Waals surface area contributed by atoms with E-state index in [1.807, 2.05) is 0 Å². The van der Waals surface area contributed by atoms with Gasteiger partial charge in [-0.3, -0.25) is 0 Å². The summed E-state index contributed by atoms with van der Waals surface area (Å²) in [4.78, 5) is 0.0867. The van der Waals surface area contributed by atoms with Crippen molar-refractivity contribution in [3.05, 3.63) is 48.5 Å². The van der Waals surface area contributed by atoms with Gasteiger partial charge in [0.05, 0.1) is 16.9 Å². The SMILES string of the molecule is CCN(CC)S(=O)(=O)c1ccc(S(=O)(=O)N(C)CCOc2ccc(OC)cc2)cc1. The molecule has 0 fully saturated rings. The van der Waals surface area contributed by atoms with Crippen LogP contribution in [0.2, 0.25) is 0 Å². The lowest BCUT2D eigenvalue weighted by Gasteiger charge is -2.20. The normalized spacial score (nSPS) is 12.3. The monoisotopic (exact) mass is 456 g/mol. The molecule has 10 heteroatoms. The van der Waals surface area contributed by atoms with Crippen LogP contribution in [0.5, 0.6) is 11.5 Å². The van der Waals surface area contributed by atoms with Crippen molar-refractivity contribution in [3.8, 4) is 11.5 Å². The zero-order valence-corrected chi connectivity index (χ0v) is 19.2. The summed E-state index contributed by atoms with van der Waals surface area (Å²) in [5.74, 6) is 1.31. The van der Waals surface area contributed by atoms with Crippen molar-refractivity contribution in [2.24, 2.45) is 0 Å². The van der Waals surface area contributed by atoms with Gasteiger partial charge in [-0.2, -0.15) is 8.61 Å². The number of likely N-dealkylation sites (N-methyl/N-ethyl adjacent to an activating group) is 1. The Morgan fingerprint density at radius 2 is 1.23 bits per heavy atom. The van der Waals surface area contributed by atoms with Gasteiger partial charge in [-0.15, -0.1) is 0 Å². The Morgan fingerprint density at radius 3 is 1.70 bits per heavy atom. The Kier molecular flexibility index (Phi) is 8.25. The average Bonchev–Trinajstić information content (AvgIpc) is 2.74. The molecule has 0 saturated carbocycles. The van der Waals surface area contributed by atoms with Gasteiger partial charge in [0.25, 0.3) is 0 Å². The first-order valence-electron chi connectivity index (χ1n) is 9.50. The van der Waals surface area contributed by atoms with Crippen LogP contribution in [0.1, 0.15) is 13.8 Å². The van der Waals surface area contributed by atoms with Crippen LogP contribution in [-0.4, -0.2) is 65.8 Å². The predicted octanol–water partition coefficient (Wildman–Crippen LogP) is 2.43. The van der Waals surface area contributed by atoms with E-state index >= 15 is 0 Å². The molecule has 0 bridgehead atoms. The maximum atomic E-state index is 12.8. The van der Waals surface area contributed by atoms with Crippen LogP contribution in [0.4, 0.5) is 0 Å². The number of benzene rings is 2. The van der Waals surface area contributed by atoms with E-state index in [0.717, 1.165) is 0 Å². The third-order valence-electron chi connectivity index (χ3n) is 4.61. The van der Waals surface area contributed by atoms with Crippen molar-refractivity contribution in [3.63, 3.8) is 0 Å². The van der Waals surface area contributed by atoms with Crippen LogP contribution in [0.15, 0.2) is 58.3 Å². The predicted molar refractivity (Wildman–Crippen MR) is 115 cm³/mol. The zero-order chi connectivity index (χ0) is 22.4. The summed E-state index contributed by atoms with van der Waals surface area (Å²) in [5, 5.41) is 0. The number of rotatable bonds is 11. The molecule has 0 radical (unpaired) electrons. The van der Waals surface area contributed by atoms with Gasteiger partial charge in [-0.1, -0.05) is 13.8 Å². The molecule has 0 amide bonds. The number of nitrogens with zero attached hydrogens (tertiary/aromatic N) is 2. The van der Waals surface area contributed by atoms with Crippen LogP contribution in [-0.2, 0) is 20.0 Å². The summed E-state index contributed by atoms with van der Waals surface area (Å²) >= 11 is 0. The van der Waals surface area contributed by atoms with Gasteiger partial charge in [0.15, 0.2) is 0 Å². The Bertz CT molecular complexity index is 1020. The molecular weight excluding hydrogens is 428 g/mol. The van der Waals surface area contributed by atoms with Gasteiger partial charge >= 0.3 is 0 Å². The van der Waals surface area contributed by atoms with Gasteiger partial charge in [0.1, 0.15) is 18.1 Å². The fourth-order valence-corrected chi connectivity index (χ4v) is 5.37. The minimum Gasteiger partial charge on any atom is -0.497 e. The Hall–Kier alpha value is -2.14. The molecule has 0 saturated heterocycles. The maximum Gasteiger partial charge on any atom is 0.243 e. The number of methoxy groups -OCH3 is 1. The second kappa shape index (κ2) is 10.3. The van der Waals surface area contributed by atoms with Crippen molar-refractivity contribution >= 4 is 20.0 Å². The molecule has 0 atom stereocenters. The van der Waals surface area contributed by atoms with E-state index in [1.54, 1.807) is 45.2 Å². The highest BCUT2D eigenvalue weighted by Crippen LogP contribution is 2.21. The lowest BCUT2D eigenvalue weighted by molar-refractivity contribution is 0.286. The first-order valence-corrected chi connectivity index (χ1v) is 12.4. The van der Waals surface area contributed by atoms with Crippen LogP contribution < -0.4 is 9.47 Å². The van der Waals surface area contributed by atoms with E-state index < -0.39 is 20.0 Å². The molecule has 0 aliphatic rings. The highest BCUT2D eigenvalue weighted by atomic mass is 32.2. The molecule has 0 aromatic heterocycles. The third-order valence-corrected chi connectivity index (χ3v) is 8.54. The molecule has 166 valence electrons. The summed E-state index contributed by atoms with van der Waals surface area (Å²) in [7, 11) is -4.39. The molecule has 2 aromatic carbocycles. The zero-order valence-electron chi connectivity index (χ0n) is 17.6. The lowest BCUT2D eigenvalue weighted by atomic mass is 10.3. The summed E-state index contributed by atoms with van der Waals surface area (Å²) < 4.78 is 63.8. The summed E-state index contributed by atoms with van der Waals surface area (Å²) in [6.45, 7) is 4.49. The largest absolute Gasteiger partial charge is 0.497 e. The quantitative estimate of drug-likeness (QED) is 0.516. The highest BCUT2D eigenvalue weighted by molar-refractivity contribution is 7.89. The van der Waals surface area contributed by atoms with Crippen LogP contribution in [0.3, 0.4) is 0 Å². The van der Waals surface area contributed by atoms with Crippen molar-refractivity contribution in [1.29, 1.82) is 0 Å². The number of ether oxygens (including phenoxy) is 2. The van der Waals surface area contributed by atoms with E-state index in [9.17, 15) is 16.8 Å². The Balaban J connectivity index is 2.04. The van der Waals surface area contributed by atoms with E-state index in [4.69, 9.17) is 9.47 Å². The summed E-state index contributed by atoms with van der Waals surface area (Å²) in [5.41, 5.74) is 0. The third kappa shape index (κ3) is 5.51. The van der Waals surface area contributed by atoms with Crippen molar-refractivity contribution in [2.45, 2.75) is 23.6 Å². The van der Waals surface area contributed by atoms with E-state index in [0.29, 0.717) is 24.6 Å². The molecular formula is C20H28N2O6S2. The number of hydrogen-bond acceptors (Lipinski definition) is 6. The van der Waals surface area contributed by atoms with Gasteiger partial charge in [-0.25, -0.2) is 16.8 Å². The van der Waals surface area contributed by atoms with E-state index in [-0.39, 0.29) is 22.9 Å². The number of hydrogen-bond donors (Lipinski definition) is 0. The van der Waals surface area contributed by atoms with Gasteiger partial charge in [0, 0.05) is 26.7 Å². The molecule has 0 aliphatic carbocycles. The second-order valence-electron chi connectivity index (χ2n) is 6.41. The molecule has 0 N–H and O–H groups in total. The van der Waals surface area contributed by atoms with E-state index in [1.165, 1.54) is 39.9 Å². The standard InChI is InChI=1S/C20H28N2O6S2/c1-5-22(6-2)30(25,26)20-13-11-19(12-14-20)29(23,24)21(3)15-16-28-18-9-7-17(27-4)8-10-18/h7-14H,5-6,15-16H2,1-4H3. The maximum absolute atomic E-state index is 12.8. The topological polar surface area (TPSA) is 93.2 Å². The molecule has 0 unspecified atom stereocenters. The smallest absolute Gasteiger partial charge is 0.243 e. The molecule has 8 nitrogen and oxygen atoms in total. The minimum atomic E-state index is -3.77. The van der Waals surface area contributed by atoms with Crippen LogP contribution in [0.25, 0.3) is 0 Å². The molecule has 2 rings (SSSR count). The highest BCUT2D eigenvalue weighted by Gasteiger charge is 2.24. The fourth-order valence-electron chi connectivity index (χ4n) is 2.76. The Morgan fingerprint density at radius 1 is 0.767 bits per heavy atom. The molecule has 0 spiro atoms. The van der Waals surface area contributed by atoms with E-state index in [2.05, 4.69) is 0 Å². The second-order valence-corrected chi connectivity index (χ2v) is 10.4. The van der Waals surface area contributed by atoms with Crippen molar-refractivity contribution in [1.82, 2.24) is 8.61 Å². The average molecular weight is 457 g/mol. The van der Waals surface area contributed by atoms with Crippen LogP contribution in [0, 0.1) is 0 Å². The molecule has 0 heterocycles. The summed E-state index contributed by atoms with van der Waals surface area (Å²) in [6, 6.07) is 12.3. The van der Waals surface area contributed by atoms with Gasteiger partial charge in [0.2, 0.25) is 20.0 Å². The molecule has 30 heavy (non-hydrogen) atoms. The van der Waals surface area contributed by atoms with Crippen LogP contribution >= 0.6 is 0 Å². The molecule has 2 aromatic rings. The first kappa shape index (κ1) is 24.1. The molecule has 0 aliphatic heterocycles. The van der Waals surface area contributed by atoms with Crippen molar-refractivity contribution < 1.29 is 26.3 Å². The fraction of sp³-hybridized carbons (Fsp3) is 0.400. The summed E-state index contributed by atoms with van der Waals surface area (Å²) in [6.07, 6.45) is 0. The minimum absolute atomic E-state index is 0.0212. The van der Waals surface area contributed by atoms with Gasteiger partial charge in [-0.05, 0) is 48.5 Å². The number of sulfonamides is 2. The van der Waals surface area contributed by atoms with Crippen molar-refractivity contribution in [2.75, 3.05) is 40.4 Å². The van der Waals surface area contributed by atoms with Gasteiger partial charge < -0.3 is 9.47 Å². The first-order chi connectivity index (χ1) is 14.2. The Labute approximate surface area is 179 Å².